The molecule has 170 valence electrons. The molecule has 5 heteroatoms. The van der Waals surface area contributed by atoms with Gasteiger partial charge in [0.15, 0.2) is 0 Å². The van der Waals surface area contributed by atoms with Crippen LogP contribution < -0.4 is 0 Å². The van der Waals surface area contributed by atoms with Crippen molar-refractivity contribution < 1.29 is 19.1 Å². The highest BCUT2D eigenvalue weighted by Gasteiger charge is 2.47. The normalized spacial score (nSPS) is 22.2. The van der Waals surface area contributed by atoms with Crippen molar-refractivity contribution in [3.63, 3.8) is 0 Å². The highest BCUT2D eigenvalue weighted by atomic mass is 16.6. The number of carbonyl (C=O) groups is 2. The van der Waals surface area contributed by atoms with Crippen molar-refractivity contribution in [1.29, 1.82) is 0 Å². The maximum absolute atomic E-state index is 13.4. The van der Waals surface area contributed by atoms with Crippen molar-refractivity contribution in [3.8, 4) is 11.1 Å². The maximum atomic E-state index is 13.4. The van der Waals surface area contributed by atoms with Crippen LogP contribution in [0.25, 0.3) is 11.1 Å². The third-order valence-corrected chi connectivity index (χ3v) is 6.40. The number of amides is 2. The van der Waals surface area contributed by atoms with Gasteiger partial charge >= 0.3 is 6.09 Å². The van der Waals surface area contributed by atoms with Gasteiger partial charge in [0.1, 0.15) is 5.60 Å². The number of carbonyl (C=O) groups excluding carboxylic acids is 2. The van der Waals surface area contributed by atoms with E-state index in [0.717, 1.165) is 24.0 Å². The molecule has 2 aromatic rings. The van der Waals surface area contributed by atoms with Crippen molar-refractivity contribution in [3.05, 3.63) is 60.2 Å². The molecule has 0 aromatic heterocycles. The van der Waals surface area contributed by atoms with Crippen LogP contribution in [0.2, 0.25) is 0 Å². The summed E-state index contributed by atoms with van der Waals surface area (Å²) in [5.41, 5.74) is 2.80. The molecule has 2 aliphatic heterocycles. The van der Waals surface area contributed by atoms with Crippen molar-refractivity contribution in [1.82, 2.24) is 4.90 Å². The first-order chi connectivity index (χ1) is 15.3. The van der Waals surface area contributed by atoms with Crippen LogP contribution in [0.5, 0.6) is 0 Å². The Bertz CT molecular complexity index is 926. The summed E-state index contributed by atoms with van der Waals surface area (Å²) in [7, 11) is 0. The summed E-state index contributed by atoms with van der Waals surface area (Å²) in [4.78, 5) is 27.8. The Morgan fingerprint density at radius 3 is 2.25 bits per heavy atom. The molecule has 2 unspecified atom stereocenters. The molecule has 0 aliphatic carbocycles. The highest BCUT2D eigenvalue weighted by Crippen LogP contribution is 2.37. The fourth-order valence-electron chi connectivity index (χ4n) is 4.83. The van der Waals surface area contributed by atoms with Crippen molar-refractivity contribution >= 4 is 12.0 Å². The molecule has 0 bridgehead atoms. The number of hydrogen-bond acceptors (Lipinski definition) is 4. The minimum Gasteiger partial charge on any atom is -0.443 e. The summed E-state index contributed by atoms with van der Waals surface area (Å²) < 4.78 is 11.1. The van der Waals surface area contributed by atoms with Gasteiger partial charge in [0.2, 0.25) is 5.91 Å². The smallest absolute Gasteiger partial charge is 0.417 e. The first kappa shape index (κ1) is 22.5. The zero-order chi connectivity index (χ0) is 22.7. The number of imide groups is 1. The molecule has 2 aromatic carbocycles. The van der Waals surface area contributed by atoms with Gasteiger partial charge in [-0.1, -0.05) is 54.6 Å². The van der Waals surface area contributed by atoms with Gasteiger partial charge in [0.05, 0.1) is 0 Å². The predicted molar refractivity (Wildman–Crippen MR) is 124 cm³/mol. The van der Waals surface area contributed by atoms with E-state index < -0.39 is 11.7 Å². The number of benzene rings is 2. The van der Waals surface area contributed by atoms with E-state index in [4.69, 9.17) is 9.47 Å². The molecule has 0 N–H and O–H groups in total. The first-order valence-corrected chi connectivity index (χ1v) is 11.6. The lowest BCUT2D eigenvalue weighted by atomic mass is 9.83. The highest BCUT2D eigenvalue weighted by molar-refractivity contribution is 5.96. The summed E-state index contributed by atoms with van der Waals surface area (Å²) in [6.07, 6.45) is 2.54. The number of nitrogens with zero attached hydrogens (tertiary/aromatic N) is 1. The average molecular weight is 436 g/mol. The van der Waals surface area contributed by atoms with E-state index in [-0.39, 0.29) is 23.8 Å². The molecule has 0 spiro atoms. The lowest BCUT2D eigenvalue weighted by Crippen LogP contribution is -2.44. The molecule has 0 radical (unpaired) electrons. The van der Waals surface area contributed by atoms with E-state index in [1.807, 2.05) is 39.0 Å². The molecule has 32 heavy (non-hydrogen) atoms. The zero-order valence-electron chi connectivity index (χ0n) is 19.3. The quantitative estimate of drug-likeness (QED) is 0.639. The largest absolute Gasteiger partial charge is 0.443 e. The molecule has 2 heterocycles. The van der Waals surface area contributed by atoms with E-state index in [1.54, 1.807) is 0 Å². The number of hydrogen-bond donors (Lipinski definition) is 0. The number of ether oxygens (including phenoxy) is 2. The summed E-state index contributed by atoms with van der Waals surface area (Å²) >= 11 is 0. The molecular weight excluding hydrogens is 402 g/mol. The molecule has 2 atom stereocenters. The van der Waals surface area contributed by atoms with Gasteiger partial charge in [-0.2, -0.15) is 0 Å². The Morgan fingerprint density at radius 1 is 1.00 bits per heavy atom. The third kappa shape index (κ3) is 5.21. The van der Waals surface area contributed by atoms with Crippen LogP contribution in [-0.2, 0) is 20.7 Å². The van der Waals surface area contributed by atoms with Gasteiger partial charge in [-0.25, -0.2) is 9.69 Å². The van der Waals surface area contributed by atoms with Crippen LogP contribution in [0.3, 0.4) is 0 Å². The predicted octanol–water partition coefficient (Wildman–Crippen LogP) is 5.47. The van der Waals surface area contributed by atoms with E-state index >= 15 is 0 Å². The molecule has 2 amide bonds. The van der Waals surface area contributed by atoms with E-state index in [1.165, 1.54) is 10.5 Å². The van der Waals surface area contributed by atoms with Gasteiger partial charge in [0.25, 0.3) is 0 Å². The molecule has 4 rings (SSSR count). The molecule has 2 aliphatic rings. The number of likely N-dealkylation sites (tertiary alicyclic amines) is 1. The fourth-order valence-corrected chi connectivity index (χ4v) is 4.83. The maximum Gasteiger partial charge on any atom is 0.417 e. The Balaban J connectivity index is 1.53. The molecular formula is C27H33NO4. The topological polar surface area (TPSA) is 55.8 Å². The average Bonchev–Trinajstić information content (AvgIpc) is 3.10. The van der Waals surface area contributed by atoms with E-state index in [9.17, 15) is 9.59 Å². The first-order valence-electron chi connectivity index (χ1n) is 11.6. The van der Waals surface area contributed by atoms with Gasteiger partial charge in [-0.15, -0.1) is 0 Å². The van der Waals surface area contributed by atoms with Crippen LogP contribution in [0.15, 0.2) is 54.6 Å². The minimum atomic E-state index is -0.643. The zero-order valence-corrected chi connectivity index (χ0v) is 19.3. The van der Waals surface area contributed by atoms with Crippen LogP contribution >= 0.6 is 0 Å². The third-order valence-electron chi connectivity index (χ3n) is 6.40. The Kier molecular flexibility index (Phi) is 6.66. The summed E-state index contributed by atoms with van der Waals surface area (Å²) in [6, 6.07) is 18.5. The minimum absolute atomic E-state index is 0.0861. The standard InChI is InChI=1S/C27H33NO4/c1-27(2,3)32-26(30)28-23(18-24(25(28)29)22-13-15-31-16-14-22)17-19-9-11-21(12-10-19)20-7-5-4-6-8-20/h4-12,22-24H,13-18H2,1-3H3. The van der Waals surface area contributed by atoms with Gasteiger partial charge in [-0.05, 0) is 69.1 Å². The Morgan fingerprint density at radius 2 is 1.62 bits per heavy atom. The summed E-state index contributed by atoms with van der Waals surface area (Å²) in [5.74, 6) is 0.0451. The fraction of sp³-hybridized carbons (Fsp3) is 0.481. The lowest BCUT2D eigenvalue weighted by Gasteiger charge is -2.28. The van der Waals surface area contributed by atoms with Gasteiger partial charge in [-0.3, -0.25) is 4.79 Å². The molecule has 2 saturated heterocycles. The van der Waals surface area contributed by atoms with Gasteiger partial charge < -0.3 is 9.47 Å². The lowest BCUT2D eigenvalue weighted by molar-refractivity contribution is -0.133. The summed E-state index contributed by atoms with van der Waals surface area (Å²) in [5, 5.41) is 0. The van der Waals surface area contributed by atoms with Crippen LogP contribution in [0, 0.1) is 11.8 Å². The second-order valence-corrected chi connectivity index (χ2v) is 9.90. The second kappa shape index (κ2) is 9.45. The second-order valence-electron chi connectivity index (χ2n) is 9.90. The van der Waals surface area contributed by atoms with Crippen molar-refractivity contribution in [2.75, 3.05) is 13.2 Å². The Labute approximate surface area is 190 Å². The van der Waals surface area contributed by atoms with Crippen LogP contribution in [-0.4, -0.2) is 41.8 Å². The molecule has 2 fully saturated rings. The van der Waals surface area contributed by atoms with Crippen LogP contribution in [0.4, 0.5) is 4.79 Å². The Hall–Kier alpha value is -2.66. The monoisotopic (exact) mass is 435 g/mol. The van der Waals surface area contributed by atoms with Crippen molar-refractivity contribution in [2.45, 2.75) is 58.1 Å². The number of rotatable bonds is 4. The SMILES string of the molecule is CC(C)(C)OC(=O)N1C(=O)C(C2CCOCC2)CC1Cc1ccc(-c2ccccc2)cc1. The molecule has 0 saturated carbocycles. The van der Waals surface area contributed by atoms with Crippen molar-refractivity contribution in [2.24, 2.45) is 11.8 Å². The molecule has 5 nitrogen and oxygen atoms in total. The van der Waals surface area contributed by atoms with E-state index in [0.29, 0.717) is 26.1 Å². The summed E-state index contributed by atoms with van der Waals surface area (Å²) in [6.45, 7) is 6.87. The van der Waals surface area contributed by atoms with Gasteiger partial charge in [0, 0.05) is 25.2 Å². The van der Waals surface area contributed by atoms with Crippen LogP contribution in [0.1, 0.15) is 45.6 Å². The van der Waals surface area contributed by atoms with E-state index in [2.05, 4.69) is 36.4 Å².